The van der Waals surface area contributed by atoms with Crippen LogP contribution in [0.15, 0.2) is 31.4 Å². The Bertz CT molecular complexity index is 223. The van der Waals surface area contributed by atoms with Crippen molar-refractivity contribution in [2.45, 2.75) is 42.0 Å². The molecule has 0 aliphatic carbocycles. The molecule has 1 aromatic carbocycles. The van der Waals surface area contributed by atoms with Crippen LogP contribution in [0.1, 0.15) is 38.0 Å². The minimum atomic E-state index is 0. The highest BCUT2D eigenvalue weighted by Gasteiger charge is 1.89. The Balaban J connectivity index is -0.000000216. The SMILES string of the molecule is C.C=C.CC.Cc1ccc(C)c(C)c1. The first kappa shape index (κ1) is 18.7. The summed E-state index contributed by atoms with van der Waals surface area (Å²) < 4.78 is 0. The van der Waals surface area contributed by atoms with Crippen molar-refractivity contribution in [1.82, 2.24) is 0 Å². The molecule has 0 fully saturated rings. The van der Waals surface area contributed by atoms with Gasteiger partial charge in [0.2, 0.25) is 0 Å². The molecule has 0 heterocycles. The first-order chi connectivity index (χ1) is 6.20. The van der Waals surface area contributed by atoms with Gasteiger partial charge in [-0.15, -0.1) is 13.2 Å². The van der Waals surface area contributed by atoms with Gasteiger partial charge >= 0.3 is 0 Å². The van der Waals surface area contributed by atoms with Crippen molar-refractivity contribution in [2.75, 3.05) is 0 Å². The van der Waals surface area contributed by atoms with E-state index in [0.29, 0.717) is 0 Å². The van der Waals surface area contributed by atoms with Crippen LogP contribution in [0, 0.1) is 20.8 Å². The largest absolute Gasteiger partial charge is 0.106 e. The summed E-state index contributed by atoms with van der Waals surface area (Å²) in [4.78, 5) is 0. The van der Waals surface area contributed by atoms with E-state index in [1.807, 2.05) is 13.8 Å². The van der Waals surface area contributed by atoms with E-state index in [1.165, 1.54) is 16.7 Å². The monoisotopic (exact) mass is 194 g/mol. The Kier molecular flexibility index (Phi) is 16.0. The van der Waals surface area contributed by atoms with Crippen molar-refractivity contribution < 1.29 is 0 Å². The van der Waals surface area contributed by atoms with Crippen LogP contribution in [0.5, 0.6) is 0 Å². The Hall–Kier alpha value is -1.04. The second-order valence-electron chi connectivity index (χ2n) is 2.59. The van der Waals surface area contributed by atoms with Crippen LogP contribution < -0.4 is 0 Å². The Morgan fingerprint density at radius 3 is 1.57 bits per heavy atom. The number of aryl methyl sites for hydroxylation is 3. The van der Waals surface area contributed by atoms with E-state index >= 15 is 0 Å². The van der Waals surface area contributed by atoms with E-state index < -0.39 is 0 Å². The third-order valence-corrected chi connectivity index (χ3v) is 1.66. The van der Waals surface area contributed by atoms with Crippen LogP contribution in [-0.4, -0.2) is 0 Å². The molecule has 0 N–H and O–H groups in total. The van der Waals surface area contributed by atoms with E-state index in [0.717, 1.165) is 0 Å². The van der Waals surface area contributed by atoms with Crippen LogP contribution in [0.4, 0.5) is 0 Å². The zero-order chi connectivity index (χ0) is 10.9. The maximum absolute atomic E-state index is 3.00. The lowest BCUT2D eigenvalue weighted by Gasteiger charge is -1.98. The second-order valence-corrected chi connectivity index (χ2v) is 2.59. The molecule has 0 heteroatoms. The molecule has 1 aromatic rings. The van der Waals surface area contributed by atoms with Crippen LogP contribution in [0.25, 0.3) is 0 Å². The smallest absolute Gasteiger partial charge is 0.0395 e. The summed E-state index contributed by atoms with van der Waals surface area (Å²) in [5.41, 5.74) is 4.11. The molecular formula is C14H26. The fourth-order valence-electron chi connectivity index (χ4n) is 0.891. The molecule has 0 atom stereocenters. The maximum atomic E-state index is 3.00. The highest BCUT2D eigenvalue weighted by Crippen LogP contribution is 2.07. The van der Waals surface area contributed by atoms with Gasteiger partial charge in [-0.2, -0.15) is 0 Å². The van der Waals surface area contributed by atoms with E-state index in [2.05, 4.69) is 52.1 Å². The van der Waals surface area contributed by atoms with Crippen LogP contribution >= 0.6 is 0 Å². The lowest BCUT2D eigenvalue weighted by Crippen LogP contribution is -1.79. The third-order valence-electron chi connectivity index (χ3n) is 1.66. The van der Waals surface area contributed by atoms with Crippen LogP contribution in [0.3, 0.4) is 0 Å². The molecule has 0 nitrogen and oxygen atoms in total. The molecule has 0 bridgehead atoms. The van der Waals surface area contributed by atoms with Gasteiger partial charge in [-0.05, 0) is 31.9 Å². The van der Waals surface area contributed by atoms with Crippen molar-refractivity contribution in [2.24, 2.45) is 0 Å². The summed E-state index contributed by atoms with van der Waals surface area (Å²) in [5, 5.41) is 0. The molecule has 0 spiro atoms. The number of hydrogen-bond donors (Lipinski definition) is 0. The van der Waals surface area contributed by atoms with E-state index in [9.17, 15) is 0 Å². The van der Waals surface area contributed by atoms with Crippen molar-refractivity contribution in [3.05, 3.63) is 48.0 Å². The average molecular weight is 194 g/mol. The lowest BCUT2D eigenvalue weighted by atomic mass is 10.1. The lowest BCUT2D eigenvalue weighted by molar-refractivity contribution is 1.30. The molecule has 82 valence electrons. The summed E-state index contributed by atoms with van der Waals surface area (Å²) in [5.74, 6) is 0. The molecule has 0 aliphatic rings. The maximum Gasteiger partial charge on any atom is -0.0395 e. The summed E-state index contributed by atoms with van der Waals surface area (Å²) in [6.45, 7) is 16.4. The van der Waals surface area contributed by atoms with Gasteiger partial charge in [-0.25, -0.2) is 0 Å². The van der Waals surface area contributed by atoms with Gasteiger partial charge in [0.25, 0.3) is 0 Å². The van der Waals surface area contributed by atoms with Gasteiger partial charge in [0, 0.05) is 0 Å². The molecule has 14 heavy (non-hydrogen) atoms. The fourth-order valence-corrected chi connectivity index (χ4v) is 0.891. The molecular weight excluding hydrogens is 168 g/mol. The highest BCUT2D eigenvalue weighted by atomic mass is 13.9. The molecule has 0 saturated carbocycles. The molecule has 0 amide bonds. The Labute approximate surface area is 90.7 Å². The number of benzene rings is 1. The number of hydrogen-bond acceptors (Lipinski definition) is 0. The van der Waals surface area contributed by atoms with Crippen molar-refractivity contribution >= 4 is 0 Å². The van der Waals surface area contributed by atoms with Gasteiger partial charge in [0.15, 0.2) is 0 Å². The van der Waals surface area contributed by atoms with Gasteiger partial charge in [0.1, 0.15) is 0 Å². The number of rotatable bonds is 0. The Morgan fingerprint density at radius 2 is 1.29 bits per heavy atom. The minimum Gasteiger partial charge on any atom is -0.106 e. The van der Waals surface area contributed by atoms with E-state index in [-0.39, 0.29) is 7.43 Å². The van der Waals surface area contributed by atoms with E-state index in [4.69, 9.17) is 0 Å². The Morgan fingerprint density at radius 1 is 0.857 bits per heavy atom. The summed E-state index contributed by atoms with van der Waals surface area (Å²) in [6, 6.07) is 6.50. The third kappa shape index (κ3) is 7.60. The highest BCUT2D eigenvalue weighted by molar-refractivity contribution is 5.28. The predicted molar refractivity (Wildman–Crippen MR) is 70.0 cm³/mol. The summed E-state index contributed by atoms with van der Waals surface area (Å²) in [7, 11) is 0. The quantitative estimate of drug-likeness (QED) is 0.505. The molecule has 0 aliphatic heterocycles. The molecule has 0 unspecified atom stereocenters. The van der Waals surface area contributed by atoms with Gasteiger partial charge in [-0.3, -0.25) is 0 Å². The minimum absolute atomic E-state index is 0. The van der Waals surface area contributed by atoms with Gasteiger partial charge in [-0.1, -0.05) is 45.0 Å². The van der Waals surface area contributed by atoms with E-state index in [1.54, 1.807) is 0 Å². The molecule has 1 rings (SSSR count). The summed E-state index contributed by atoms with van der Waals surface area (Å²) >= 11 is 0. The topological polar surface area (TPSA) is 0 Å². The first-order valence-corrected chi connectivity index (χ1v) is 4.74. The molecule has 0 saturated heterocycles. The predicted octanol–water partition coefficient (Wildman–Crippen LogP) is 5.08. The normalized spacial score (nSPS) is 6.93. The molecule has 0 radical (unpaired) electrons. The molecule has 0 aromatic heterocycles. The zero-order valence-corrected chi connectivity index (χ0v) is 9.65. The summed E-state index contributed by atoms with van der Waals surface area (Å²) in [6.07, 6.45) is 0. The van der Waals surface area contributed by atoms with Crippen molar-refractivity contribution in [1.29, 1.82) is 0 Å². The van der Waals surface area contributed by atoms with Crippen LogP contribution in [0.2, 0.25) is 0 Å². The fraction of sp³-hybridized carbons (Fsp3) is 0.429. The van der Waals surface area contributed by atoms with Crippen molar-refractivity contribution in [3.63, 3.8) is 0 Å². The first-order valence-electron chi connectivity index (χ1n) is 4.74. The zero-order valence-electron chi connectivity index (χ0n) is 9.65. The van der Waals surface area contributed by atoms with Gasteiger partial charge in [0.05, 0.1) is 0 Å². The van der Waals surface area contributed by atoms with Crippen molar-refractivity contribution in [3.8, 4) is 0 Å². The average Bonchev–Trinajstić information content (AvgIpc) is 2.18. The van der Waals surface area contributed by atoms with Gasteiger partial charge < -0.3 is 0 Å². The second kappa shape index (κ2) is 12.0. The van der Waals surface area contributed by atoms with Crippen LogP contribution in [-0.2, 0) is 0 Å². The standard InChI is InChI=1S/C9H12.C2H6.C2H4.CH4/c1-7-4-5-8(2)9(3)6-7;2*1-2;/h4-6H,1-3H3;1-2H3;1-2H2;1H4.